The molecule has 0 amide bonds. The van der Waals surface area contributed by atoms with Crippen LogP contribution in [0.25, 0.3) is 0 Å². The highest BCUT2D eigenvalue weighted by Crippen LogP contribution is 2.22. The van der Waals surface area contributed by atoms with Crippen molar-refractivity contribution in [3.63, 3.8) is 0 Å². The van der Waals surface area contributed by atoms with Gasteiger partial charge in [-0.2, -0.15) is 0 Å². The first kappa shape index (κ1) is 16.4. The van der Waals surface area contributed by atoms with Gasteiger partial charge in [-0.1, -0.05) is 12.1 Å². The van der Waals surface area contributed by atoms with Gasteiger partial charge >= 0.3 is 0 Å². The molecule has 118 valence electrons. The van der Waals surface area contributed by atoms with Crippen molar-refractivity contribution in [1.82, 2.24) is 14.9 Å². The predicted molar refractivity (Wildman–Crippen MR) is 81.0 cm³/mol. The largest absolute Gasteiger partial charge is 0.314 e. The van der Waals surface area contributed by atoms with E-state index in [9.17, 15) is 12.8 Å². The lowest BCUT2D eigenvalue weighted by Gasteiger charge is -2.36. The average molecular weight is 315 g/mol. The van der Waals surface area contributed by atoms with E-state index in [2.05, 4.69) is 14.9 Å². The van der Waals surface area contributed by atoms with Crippen LogP contribution in [0.1, 0.15) is 18.5 Å². The van der Waals surface area contributed by atoms with Gasteiger partial charge in [0, 0.05) is 38.8 Å². The third-order valence-electron chi connectivity index (χ3n) is 3.69. The summed E-state index contributed by atoms with van der Waals surface area (Å²) >= 11 is 0. The number of nitrogens with one attached hydrogen (secondary N) is 2. The zero-order chi connectivity index (χ0) is 15.3. The highest BCUT2D eigenvalue weighted by molar-refractivity contribution is 7.89. The van der Waals surface area contributed by atoms with E-state index >= 15 is 0 Å². The molecule has 1 aliphatic rings. The number of hydrogen-bond acceptors (Lipinski definition) is 4. The first-order valence-corrected chi connectivity index (χ1v) is 8.84. The van der Waals surface area contributed by atoms with Crippen molar-refractivity contribution in [1.29, 1.82) is 0 Å². The molecule has 0 bridgehead atoms. The Morgan fingerprint density at radius 1 is 1.48 bits per heavy atom. The van der Waals surface area contributed by atoms with Crippen molar-refractivity contribution < 1.29 is 12.8 Å². The van der Waals surface area contributed by atoms with Gasteiger partial charge in [0.25, 0.3) is 0 Å². The number of sulfonamides is 1. The summed E-state index contributed by atoms with van der Waals surface area (Å²) < 4.78 is 38.8. The van der Waals surface area contributed by atoms with Gasteiger partial charge in [-0.3, -0.25) is 4.90 Å². The van der Waals surface area contributed by atoms with Crippen LogP contribution in [0.5, 0.6) is 0 Å². The molecular formula is C14H22FN3O2S. The smallest absolute Gasteiger partial charge is 0.211 e. The Hall–Kier alpha value is -1.02. The summed E-state index contributed by atoms with van der Waals surface area (Å²) in [4.78, 5) is 2.18. The highest BCUT2D eigenvalue weighted by Gasteiger charge is 2.23. The molecule has 1 saturated heterocycles. The molecule has 0 saturated carbocycles. The maximum absolute atomic E-state index is 13.4. The quantitative estimate of drug-likeness (QED) is 0.812. The number of nitrogens with zero attached hydrogens (tertiary/aromatic N) is 1. The Balaban J connectivity index is 1.99. The lowest BCUT2D eigenvalue weighted by atomic mass is 10.0. The van der Waals surface area contributed by atoms with E-state index in [4.69, 9.17) is 0 Å². The van der Waals surface area contributed by atoms with Gasteiger partial charge in [-0.05, 0) is 24.6 Å². The fourth-order valence-electron chi connectivity index (χ4n) is 2.50. The molecule has 2 rings (SSSR count). The molecule has 1 aromatic carbocycles. The van der Waals surface area contributed by atoms with Crippen LogP contribution < -0.4 is 10.0 Å². The Bertz CT molecular complexity index is 565. The molecule has 21 heavy (non-hydrogen) atoms. The molecule has 1 aliphatic heterocycles. The molecule has 2 N–H and O–H groups in total. The average Bonchev–Trinajstić information content (AvgIpc) is 2.47. The van der Waals surface area contributed by atoms with Crippen molar-refractivity contribution >= 4 is 10.0 Å². The molecule has 1 heterocycles. The van der Waals surface area contributed by atoms with Crippen LogP contribution in [0.15, 0.2) is 24.3 Å². The van der Waals surface area contributed by atoms with Gasteiger partial charge in [-0.25, -0.2) is 17.5 Å². The molecule has 7 heteroatoms. The molecule has 0 radical (unpaired) electrons. The molecule has 1 aromatic rings. The summed E-state index contributed by atoms with van der Waals surface area (Å²) in [5, 5.41) is 3.30. The second-order valence-electron chi connectivity index (χ2n) is 5.11. The second kappa shape index (κ2) is 7.31. The van der Waals surface area contributed by atoms with Crippen LogP contribution in [-0.2, 0) is 10.0 Å². The summed E-state index contributed by atoms with van der Waals surface area (Å²) in [6.07, 6.45) is 0. The van der Waals surface area contributed by atoms with Crippen molar-refractivity contribution in [3.8, 4) is 0 Å². The maximum Gasteiger partial charge on any atom is 0.211 e. The van der Waals surface area contributed by atoms with Crippen molar-refractivity contribution in [2.75, 3.05) is 38.5 Å². The normalized spacial score (nSPS) is 20.6. The fourth-order valence-corrected chi connectivity index (χ4v) is 3.11. The van der Waals surface area contributed by atoms with E-state index in [0.29, 0.717) is 13.1 Å². The Morgan fingerprint density at radius 2 is 2.29 bits per heavy atom. The number of hydrogen-bond donors (Lipinski definition) is 2. The zero-order valence-corrected chi connectivity index (χ0v) is 13.0. The number of halogens is 1. The number of rotatable bonds is 6. The Morgan fingerprint density at radius 3 is 3.00 bits per heavy atom. The van der Waals surface area contributed by atoms with Crippen LogP contribution in [0.3, 0.4) is 0 Å². The van der Waals surface area contributed by atoms with Gasteiger partial charge < -0.3 is 5.32 Å². The minimum absolute atomic E-state index is 0.0700. The highest BCUT2D eigenvalue weighted by atomic mass is 32.2. The topological polar surface area (TPSA) is 61.4 Å². The van der Waals surface area contributed by atoms with Crippen LogP contribution in [0.2, 0.25) is 0 Å². The summed E-state index contributed by atoms with van der Waals surface area (Å²) in [5.74, 6) is -0.160. The van der Waals surface area contributed by atoms with Crippen molar-refractivity contribution in [2.24, 2.45) is 0 Å². The predicted octanol–water partition coefficient (Wildman–Crippen LogP) is 0.711. The minimum atomic E-state index is -3.16. The first-order valence-electron chi connectivity index (χ1n) is 7.19. The fraction of sp³-hybridized carbons (Fsp3) is 0.571. The van der Waals surface area contributed by atoms with E-state index in [1.165, 1.54) is 6.07 Å². The van der Waals surface area contributed by atoms with Gasteiger partial charge in [0.05, 0.1) is 5.75 Å². The van der Waals surface area contributed by atoms with Crippen LogP contribution >= 0.6 is 0 Å². The van der Waals surface area contributed by atoms with E-state index in [1.54, 1.807) is 19.1 Å². The zero-order valence-electron chi connectivity index (χ0n) is 12.2. The maximum atomic E-state index is 13.4. The molecule has 0 spiro atoms. The Labute approximate surface area is 125 Å². The molecule has 1 atom stereocenters. The minimum Gasteiger partial charge on any atom is -0.314 e. The first-order chi connectivity index (χ1) is 10.0. The van der Waals surface area contributed by atoms with E-state index in [1.807, 2.05) is 6.07 Å². The standard InChI is InChI=1S/C14H22FN3O2S/c1-2-21(19,20)17-7-9-18-8-6-16-11-14(18)12-4-3-5-13(15)10-12/h3-5,10,14,16-17H,2,6-9,11H2,1H3. The second-order valence-corrected chi connectivity index (χ2v) is 7.20. The molecule has 5 nitrogen and oxygen atoms in total. The van der Waals surface area contributed by atoms with Crippen molar-refractivity contribution in [3.05, 3.63) is 35.6 Å². The van der Waals surface area contributed by atoms with Crippen molar-refractivity contribution in [2.45, 2.75) is 13.0 Å². The molecule has 0 aliphatic carbocycles. The van der Waals surface area contributed by atoms with E-state index in [-0.39, 0.29) is 17.6 Å². The third-order valence-corrected chi connectivity index (χ3v) is 5.09. The summed E-state index contributed by atoms with van der Waals surface area (Å²) in [6, 6.07) is 6.65. The number of piperazine rings is 1. The monoisotopic (exact) mass is 315 g/mol. The van der Waals surface area contributed by atoms with Gasteiger partial charge in [0.15, 0.2) is 0 Å². The van der Waals surface area contributed by atoms with Crippen LogP contribution in [-0.4, -0.2) is 51.8 Å². The summed E-state index contributed by atoms with van der Waals surface area (Å²) in [7, 11) is -3.16. The number of benzene rings is 1. The third kappa shape index (κ3) is 4.74. The summed E-state index contributed by atoms with van der Waals surface area (Å²) in [6.45, 7) is 5.01. The lowest BCUT2D eigenvalue weighted by molar-refractivity contribution is 0.165. The molecule has 1 unspecified atom stereocenters. The SMILES string of the molecule is CCS(=O)(=O)NCCN1CCNCC1c1cccc(F)c1. The van der Waals surface area contributed by atoms with Gasteiger partial charge in [-0.15, -0.1) is 0 Å². The molecule has 0 aromatic heterocycles. The summed E-state index contributed by atoms with van der Waals surface area (Å²) in [5.41, 5.74) is 0.917. The molecular weight excluding hydrogens is 293 g/mol. The van der Waals surface area contributed by atoms with E-state index in [0.717, 1.165) is 25.2 Å². The van der Waals surface area contributed by atoms with Gasteiger partial charge in [0.1, 0.15) is 5.82 Å². The lowest BCUT2D eigenvalue weighted by Crippen LogP contribution is -2.48. The van der Waals surface area contributed by atoms with Crippen LogP contribution in [0, 0.1) is 5.82 Å². The van der Waals surface area contributed by atoms with Gasteiger partial charge in [0.2, 0.25) is 10.0 Å². The van der Waals surface area contributed by atoms with E-state index < -0.39 is 10.0 Å². The van der Waals surface area contributed by atoms with Crippen LogP contribution in [0.4, 0.5) is 4.39 Å². The Kier molecular flexibility index (Phi) is 5.69. The molecule has 1 fully saturated rings.